The maximum Gasteiger partial charge on any atom is 0.317 e. The summed E-state index contributed by atoms with van der Waals surface area (Å²) in [5.74, 6) is 0.0252. The minimum Gasteiger partial charge on any atom is -0.598 e. The van der Waals surface area contributed by atoms with Crippen molar-refractivity contribution in [1.82, 2.24) is 14.9 Å². The highest BCUT2D eigenvalue weighted by molar-refractivity contribution is 7.90. The maximum atomic E-state index is 12.8. The van der Waals surface area contributed by atoms with Crippen molar-refractivity contribution in [3.8, 4) is 5.75 Å². The van der Waals surface area contributed by atoms with E-state index in [1.807, 2.05) is 20.8 Å². The highest BCUT2D eigenvalue weighted by Crippen LogP contribution is 2.40. The Morgan fingerprint density at radius 1 is 1.31 bits per heavy atom. The molecule has 0 aromatic heterocycles. The molecule has 0 radical (unpaired) electrons. The number of aliphatic hydroxyl groups is 1. The third kappa shape index (κ3) is 6.54. The number of aliphatic hydroxyl groups excluding tert-OH is 1. The number of hydrogen-bond donors (Lipinski definition) is 4. The van der Waals surface area contributed by atoms with Gasteiger partial charge in [-0.25, -0.2) is 4.79 Å². The number of hydrogen-bond acceptors (Lipinski definition) is 5. The molecule has 0 spiro atoms. The van der Waals surface area contributed by atoms with E-state index in [0.717, 1.165) is 0 Å². The van der Waals surface area contributed by atoms with Crippen molar-refractivity contribution in [2.75, 3.05) is 26.2 Å². The van der Waals surface area contributed by atoms with Crippen molar-refractivity contribution in [3.05, 3.63) is 27.7 Å². The number of phenolic OH excluding ortho intramolecular Hbond substituents is 1. The zero-order valence-corrected chi connectivity index (χ0v) is 19.2. The van der Waals surface area contributed by atoms with Gasteiger partial charge in [0.1, 0.15) is 10.5 Å². The molecule has 4 N–H and O–H groups in total. The molecule has 1 aliphatic heterocycles. The van der Waals surface area contributed by atoms with E-state index >= 15 is 0 Å². The number of halogens is 2. The van der Waals surface area contributed by atoms with Gasteiger partial charge >= 0.3 is 6.03 Å². The topological polar surface area (TPSA) is 108 Å². The van der Waals surface area contributed by atoms with Crippen LogP contribution in [0.25, 0.3) is 0 Å². The Morgan fingerprint density at radius 2 is 1.90 bits per heavy atom. The number of carbonyl (C=O) groups excluding carboxylic acids is 1. The zero-order valence-electron chi connectivity index (χ0n) is 16.9. The summed E-state index contributed by atoms with van der Waals surface area (Å²) < 4.78 is 15.5. The molecule has 1 aromatic carbocycles. The first-order chi connectivity index (χ1) is 13.5. The van der Waals surface area contributed by atoms with E-state index in [1.54, 1.807) is 11.0 Å². The lowest BCUT2D eigenvalue weighted by atomic mass is 9.85. The molecule has 1 unspecified atom stereocenters. The molecule has 1 heterocycles. The summed E-state index contributed by atoms with van der Waals surface area (Å²) in [6, 6.07) is 2.38. The largest absolute Gasteiger partial charge is 0.598 e. The maximum absolute atomic E-state index is 12.8. The van der Waals surface area contributed by atoms with Gasteiger partial charge in [-0.15, -0.1) is 4.72 Å². The smallest absolute Gasteiger partial charge is 0.317 e. The Morgan fingerprint density at radius 3 is 2.45 bits per heavy atom. The van der Waals surface area contributed by atoms with Crippen molar-refractivity contribution in [2.24, 2.45) is 5.92 Å². The second kappa shape index (κ2) is 10.4. The van der Waals surface area contributed by atoms with E-state index in [9.17, 15) is 14.5 Å². The van der Waals surface area contributed by atoms with Crippen LogP contribution in [-0.4, -0.2) is 56.7 Å². The van der Waals surface area contributed by atoms with Crippen molar-refractivity contribution in [2.45, 2.75) is 44.4 Å². The quantitative estimate of drug-likeness (QED) is 0.482. The normalized spacial score (nSPS) is 17.8. The summed E-state index contributed by atoms with van der Waals surface area (Å²) in [5.41, 5.74) is 0.542. The predicted molar refractivity (Wildman–Crippen MR) is 117 cm³/mol. The van der Waals surface area contributed by atoms with E-state index in [4.69, 9.17) is 28.3 Å². The molecule has 1 fully saturated rings. The van der Waals surface area contributed by atoms with E-state index in [1.165, 1.54) is 6.07 Å². The number of piperidine rings is 1. The Balaban J connectivity index is 2.21. The van der Waals surface area contributed by atoms with Crippen LogP contribution in [0.3, 0.4) is 0 Å². The average Bonchev–Trinajstić information content (AvgIpc) is 2.66. The molecule has 29 heavy (non-hydrogen) atoms. The summed E-state index contributed by atoms with van der Waals surface area (Å²) in [5, 5.41) is 22.6. The average molecular weight is 466 g/mol. The fourth-order valence-electron chi connectivity index (χ4n) is 3.22. The van der Waals surface area contributed by atoms with Gasteiger partial charge in [-0.05, 0) is 45.6 Å². The van der Waals surface area contributed by atoms with Gasteiger partial charge in [-0.1, -0.05) is 23.2 Å². The lowest BCUT2D eigenvalue weighted by Crippen LogP contribution is -2.48. The number of phenols is 1. The number of benzene rings is 1. The minimum atomic E-state index is -1.37. The van der Waals surface area contributed by atoms with Gasteiger partial charge in [0.05, 0.1) is 22.7 Å². The van der Waals surface area contributed by atoms with Crippen LogP contribution in [0, 0.1) is 5.92 Å². The van der Waals surface area contributed by atoms with E-state index in [-0.39, 0.29) is 35.9 Å². The highest BCUT2D eigenvalue weighted by Gasteiger charge is 2.37. The van der Waals surface area contributed by atoms with Gasteiger partial charge in [0.25, 0.3) is 0 Å². The zero-order chi connectivity index (χ0) is 21.8. The molecule has 1 aliphatic rings. The van der Waals surface area contributed by atoms with Gasteiger partial charge in [0.2, 0.25) is 0 Å². The molecule has 10 heteroatoms. The number of aromatic hydroxyl groups is 1. The monoisotopic (exact) mass is 465 g/mol. The fraction of sp³-hybridized carbons (Fsp3) is 0.632. The SMILES string of the molecule is CC(C)(C)[S+]([O-])N[C@@H](c1cc(Cl)c(Cl)cc1O)C1CCN(C(=O)NCCO)CC1. The second-order valence-electron chi connectivity index (χ2n) is 8.08. The molecular formula is C19H29Cl2N3O4S. The molecular weight excluding hydrogens is 437 g/mol. The van der Waals surface area contributed by atoms with Gasteiger partial charge in [0, 0.05) is 42.6 Å². The van der Waals surface area contributed by atoms with E-state index in [2.05, 4.69) is 10.0 Å². The summed E-state index contributed by atoms with van der Waals surface area (Å²) in [7, 11) is 0. The molecule has 164 valence electrons. The first-order valence-electron chi connectivity index (χ1n) is 9.54. The molecule has 0 bridgehead atoms. The van der Waals surface area contributed by atoms with E-state index < -0.39 is 22.2 Å². The second-order valence-corrected chi connectivity index (χ2v) is 10.9. The molecule has 7 nitrogen and oxygen atoms in total. The molecule has 0 saturated carbocycles. The fourth-order valence-corrected chi connectivity index (χ4v) is 4.45. The molecule has 0 aliphatic carbocycles. The summed E-state index contributed by atoms with van der Waals surface area (Å²) in [4.78, 5) is 13.8. The molecule has 2 amide bonds. The predicted octanol–water partition coefficient (Wildman–Crippen LogP) is 3.21. The van der Waals surface area contributed by atoms with Crippen LogP contribution < -0.4 is 10.0 Å². The van der Waals surface area contributed by atoms with Crippen LogP contribution in [0.15, 0.2) is 12.1 Å². The summed E-state index contributed by atoms with van der Waals surface area (Å²) in [6.07, 6.45) is 1.32. The Bertz CT molecular complexity index is 709. The van der Waals surface area contributed by atoms with Gasteiger partial charge in [-0.2, -0.15) is 0 Å². The third-order valence-corrected chi connectivity index (χ3v) is 7.18. The standard InChI is InChI=1S/C19H29Cl2N3O4S/c1-19(2,3)29(28)23-17(13-10-14(20)15(21)11-16(13)26)12-4-7-24(8-5-12)18(27)22-6-9-25/h10-12,17,23,25-26H,4-9H2,1-3H3,(H,22,27)/t17-,29?/m1/s1. The molecule has 2 atom stereocenters. The highest BCUT2D eigenvalue weighted by atomic mass is 35.5. The molecule has 2 rings (SSSR count). The van der Waals surface area contributed by atoms with E-state index in [0.29, 0.717) is 36.5 Å². The first-order valence-corrected chi connectivity index (χ1v) is 11.4. The lowest BCUT2D eigenvalue weighted by Gasteiger charge is -2.37. The number of amides is 2. The number of carbonyl (C=O) groups is 1. The Kier molecular flexibility index (Phi) is 8.75. The minimum absolute atomic E-state index is 0.00840. The Hall–Kier alpha value is -0.900. The van der Waals surface area contributed by atoms with Crippen LogP contribution >= 0.6 is 23.2 Å². The van der Waals surface area contributed by atoms with Crippen molar-refractivity contribution in [1.29, 1.82) is 0 Å². The van der Waals surface area contributed by atoms with Gasteiger partial charge in [-0.3, -0.25) is 0 Å². The number of likely N-dealkylation sites (tertiary alicyclic amines) is 1. The van der Waals surface area contributed by atoms with Crippen LogP contribution in [0.1, 0.15) is 45.2 Å². The molecule has 1 aromatic rings. The third-order valence-electron chi connectivity index (χ3n) is 4.88. The van der Waals surface area contributed by atoms with Crippen molar-refractivity contribution < 1.29 is 19.6 Å². The van der Waals surface area contributed by atoms with Crippen LogP contribution in [0.2, 0.25) is 10.0 Å². The molecule has 1 saturated heterocycles. The number of rotatable bonds is 6. The van der Waals surface area contributed by atoms with Gasteiger partial charge in [0.15, 0.2) is 0 Å². The number of nitrogens with zero attached hydrogens (tertiary/aromatic N) is 1. The van der Waals surface area contributed by atoms with Crippen LogP contribution in [0.5, 0.6) is 5.75 Å². The Labute approximate surface area is 185 Å². The van der Waals surface area contributed by atoms with Crippen molar-refractivity contribution in [3.63, 3.8) is 0 Å². The number of nitrogens with one attached hydrogen (secondary N) is 2. The first kappa shape index (κ1) is 24.4. The van der Waals surface area contributed by atoms with Crippen LogP contribution in [-0.2, 0) is 11.4 Å². The number of urea groups is 1. The lowest BCUT2D eigenvalue weighted by molar-refractivity contribution is 0.158. The summed E-state index contributed by atoms with van der Waals surface area (Å²) >= 11 is 10.8. The van der Waals surface area contributed by atoms with Crippen molar-refractivity contribution >= 4 is 40.6 Å². The van der Waals surface area contributed by atoms with Crippen LogP contribution in [0.4, 0.5) is 4.79 Å². The van der Waals surface area contributed by atoms with Gasteiger partial charge < -0.3 is 25.0 Å². The summed E-state index contributed by atoms with van der Waals surface area (Å²) in [6.45, 7) is 6.75.